The fourth-order valence-electron chi connectivity index (χ4n) is 1.62. The number of halogens is 1. The summed E-state index contributed by atoms with van der Waals surface area (Å²) >= 11 is 0. The van der Waals surface area contributed by atoms with Crippen LogP contribution in [0.2, 0.25) is 0 Å². The van der Waals surface area contributed by atoms with Crippen LogP contribution in [0.4, 0.5) is 10.1 Å². The minimum atomic E-state index is -0.431. The quantitative estimate of drug-likeness (QED) is 0.819. The standard InChI is InChI=1S/C10H12FN3O/c1-12-7-4-6-5-14(2)13-9(6)8(11)10(7)15-3/h4-5,12H,1-3H3. The van der Waals surface area contributed by atoms with Gasteiger partial charge in [-0.05, 0) is 6.07 Å². The first-order valence-corrected chi connectivity index (χ1v) is 4.55. The van der Waals surface area contributed by atoms with Crippen molar-refractivity contribution < 1.29 is 9.13 Å². The number of benzene rings is 1. The van der Waals surface area contributed by atoms with E-state index in [1.807, 2.05) is 6.07 Å². The molecule has 0 aliphatic heterocycles. The highest BCUT2D eigenvalue weighted by atomic mass is 19.1. The molecular formula is C10H12FN3O. The minimum absolute atomic E-state index is 0.198. The van der Waals surface area contributed by atoms with Crippen molar-refractivity contribution >= 4 is 16.6 Å². The number of nitrogens with one attached hydrogen (secondary N) is 1. The van der Waals surface area contributed by atoms with Crippen molar-refractivity contribution in [3.63, 3.8) is 0 Å². The molecule has 0 amide bonds. The van der Waals surface area contributed by atoms with Gasteiger partial charge in [-0.2, -0.15) is 5.10 Å². The first kappa shape index (κ1) is 9.76. The summed E-state index contributed by atoms with van der Waals surface area (Å²) < 4.78 is 20.5. The zero-order chi connectivity index (χ0) is 11.0. The molecule has 1 N–H and O–H groups in total. The molecule has 5 heteroatoms. The molecule has 0 saturated heterocycles. The van der Waals surface area contributed by atoms with Crippen LogP contribution in [-0.2, 0) is 7.05 Å². The Hall–Kier alpha value is -1.78. The molecule has 0 spiro atoms. The smallest absolute Gasteiger partial charge is 0.195 e. The van der Waals surface area contributed by atoms with Crippen LogP contribution >= 0.6 is 0 Å². The summed E-state index contributed by atoms with van der Waals surface area (Å²) in [6.07, 6.45) is 1.76. The van der Waals surface area contributed by atoms with Crippen molar-refractivity contribution in [1.82, 2.24) is 9.78 Å². The fourth-order valence-corrected chi connectivity index (χ4v) is 1.62. The second kappa shape index (κ2) is 3.42. The van der Waals surface area contributed by atoms with Gasteiger partial charge in [0.25, 0.3) is 0 Å². The summed E-state index contributed by atoms with van der Waals surface area (Å²) in [7, 11) is 4.92. The lowest BCUT2D eigenvalue weighted by Crippen LogP contribution is -1.97. The van der Waals surface area contributed by atoms with E-state index in [2.05, 4.69) is 10.4 Å². The van der Waals surface area contributed by atoms with Crippen LogP contribution in [0.1, 0.15) is 0 Å². The molecule has 2 rings (SSSR count). The van der Waals surface area contributed by atoms with E-state index in [0.29, 0.717) is 11.2 Å². The fraction of sp³-hybridized carbons (Fsp3) is 0.300. The van der Waals surface area contributed by atoms with Gasteiger partial charge in [0.2, 0.25) is 0 Å². The van der Waals surface area contributed by atoms with Crippen LogP contribution in [0.5, 0.6) is 5.75 Å². The lowest BCUT2D eigenvalue weighted by molar-refractivity contribution is 0.390. The van der Waals surface area contributed by atoms with E-state index in [-0.39, 0.29) is 5.75 Å². The van der Waals surface area contributed by atoms with Crippen molar-refractivity contribution in [2.75, 3.05) is 19.5 Å². The molecule has 1 heterocycles. The number of methoxy groups -OCH3 is 1. The van der Waals surface area contributed by atoms with Gasteiger partial charge in [0.1, 0.15) is 5.52 Å². The molecule has 1 aromatic heterocycles. The van der Waals surface area contributed by atoms with E-state index < -0.39 is 5.82 Å². The molecule has 0 aliphatic rings. The number of anilines is 1. The van der Waals surface area contributed by atoms with Crippen LogP contribution < -0.4 is 10.1 Å². The Balaban J connectivity index is 2.80. The van der Waals surface area contributed by atoms with Gasteiger partial charge < -0.3 is 10.1 Å². The van der Waals surface area contributed by atoms with Crippen LogP contribution in [0, 0.1) is 5.82 Å². The average Bonchev–Trinajstić information content (AvgIpc) is 2.59. The van der Waals surface area contributed by atoms with Gasteiger partial charge in [-0.1, -0.05) is 0 Å². The van der Waals surface area contributed by atoms with Crippen LogP contribution in [0.3, 0.4) is 0 Å². The lowest BCUT2D eigenvalue weighted by atomic mass is 10.2. The second-order valence-corrected chi connectivity index (χ2v) is 3.26. The van der Waals surface area contributed by atoms with E-state index >= 15 is 0 Å². The molecule has 4 nitrogen and oxygen atoms in total. The first-order chi connectivity index (χ1) is 7.17. The molecule has 0 unspecified atom stereocenters. The third kappa shape index (κ3) is 1.40. The number of aromatic nitrogens is 2. The van der Waals surface area contributed by atoms with Crippen molar-refractivity contribution in [3.05, 3.63) is 18.1 Å². The van der Waals surface area contributed by atoms with Crippen LogP contribution in [0.15, 0.2) is 12.3 Å². The topological polar surface area (TPSA) is 39.1 Å². The Morgan fingerprint density at radius 2 is 2.27 bits per heavy atom. The molecular weight excluding hydrogens is 197 g/mol. The number of nitrogens with zero attached hydrogens (tertiary/aromatic N) is 2. The maximum atomic E-state index is 13.9. The Morgan fingerprint density at radius 3 is 2.87 bits per heavy atom. The third-order valence-electron chi connectivity index (χ3n) is 2.28. The second-order valence-electron chi connectivity index (χ2n) is 3.26. The highest BCUT2D eigenvalue weighted by molar-refractivity contribution is 5.86. The molecule has 0 bridgehead atoms. The van der Waals surface area contributed by atoms with Gasteiger partial charge in [0.15, 0.2) is 11.6 Å². The predicted molar refractivity (Wildman–Crippen MR) is 56.8 cm³/mol. The maximum Gasteiger partial charge on any atom is 0.195 e. The SMILES string of the molecule is CNc1cc2cn(C)nc2c(F)c1OC. The molecule has 0 saturated carbocycles. The van der Waals surface area contributed by atoms with Gasteiger partial charge in [-0.25, -0.2) is 4.39 Å². The Morgan fingerprint density at radius 1 is 1.53 bits per heavy atom. The molecule has 0 atom stereocenters. The number of hydrogen-bond donors (Lipinski definition) is 1. The molecule has 80 valence electrons. The van der Waals surface area contributed by atoms with Gasteiger partial charge in [0, 0.05) is 25.7 Å². The third-order valence-corrected chi connectivity index (χ3v) is 2.28. The first-order valence-electron chi connectivity index (χ1n) is 4.55. The summed E-state index contributed by atoms with van der Waals surface area (Å²) in [5.41, 5.74) is 0.948. The van der Waals surface area contributed by atoms with Crippen molar-refractivity contribution in [1.29, 1.82) is 0 Å². The van der Waals surface area contributed by atoms with Gasteiger partial charge in [0.05, 0.1) is 12.8 Å². The molecule has 1 aromatic carbocycles. The number of hydrogen-bond acceptors (Lipinski definition) is 3. The van der Waals surface area contributed by atoms with E-state index in [9.17, 15) is 4.39 Å². The monoisotopic (exact) mass is 209 g/mol. The normalized spacial score (nSPS) is 10.7. The van der Waals surface area contributed by atoms with E-state index in [0.717, 1.165) is 5.39 Å². The summed E-state index contributed by atoms with van der Waals surface area (Å²) in [5.74, 6) is -0.233. The van der Waals surface area contributed by atoms with Gasteiger partial charge in [-0.15, -0.1) is 0 Å². The Bertz CT molecular complexity index is 507. The molecule has 0 fully saturated rings. The number of rotatable bonds is 2. The summed E-state index contributed by atoms with van der Waals surface area (Å²) in [5, 5.41) is 7.67. The molecule has 2 aromatic rings. The number of ether oxygens (including phenoxy) is 1. The molecule has 0 aliphatic carbocycles. The Kier molecular flexibility index (Phi) is 2.22. The lowest BCUT2D eigenvalue weighted by Gasteiger charge is -2.08. The zero-order valence-corrected chi connectivity index (χ0v) is 8.84. The van der Waals surface area contributed by atoms with E-state index in [1.54, 1.807) is 25.0 Å². The average molecular weight is 209 g/mol. The van der Waals surface area contributed by atoms with Crippen molar-refractivity contribution in [2.24, 2.45) is 7.05 Å². The largest absolute Gasteiger partial charge is 0.492 e. The van der Waals surface area contributed by atoms with Crippen molar-refractivity contribution in [3.8, 4) is 5.75 Å². The summed E-state index contributed by atoms with van der Waals surface area (Å²) in [6, 6.07) is 1.81. The van der Waals surface area contributed by atoms with Crippen molar-refractivity contribution in [2.45, 2.75) is 0 Å². The maximum absolute atomic E-state index is 13.9. The summed E-state index contributed by atoms with van der Waals surface area (Å²) in [6.45, 7) is 0. The van der Waals surface area contributed by atoms with Gasteiger partial charge in [-0.3, -0.25) is 4.68 Å². The predicted octanol–water partition coefficient (Wildman–Crippen LogP) is 1.76. The van der Waals surface area contributed by atoms with Crippen LogP contribution in [0.25, 0.3) is 10.9 Å². The molecule has 0 radical (unpaired) electrons. The molecule has 15 heavy (non-hydrogen) atoms. The van der Waals surface area contributed by atoms with E-state index in [4.69, 9.17) is 4.74 Å². The highest BCUT2D eigenvalue weighted by Gasteiger charge is 2.15. The minimum Gasteiger partial charge on any atom is -0.492 e. The zero-order valence-electron chi connectivity index (χ0n) is 8.84. The van der Waals surface area contributed by atoms with E-state index in [1.165, 1.54) is 7.11 Å². The Labute approximate surface area is 86.6 Å². The van der Waals surface area contributed by atoms with Gasteiger partial charge >= 0.3 is 0 Å². The summed E-state index contributed by atoms with van der Waals surface area (Å²) in [4.78, 5) is 0. The highest BCUT2D eigenvalue weighted by Crippen LogP contribution is 2.33. The number of fused-ring (bicyclic) bond motifs is 1. The van der Waals surface area contributed by atoms with Crippen LogP contribution in [-0.4, -0.2) is 23.9 Å². The number of aryl methyl sites for hydroxylation is 1.